The molecule has 0 bridgehead atoms. The number of hydrogen-bond acceptors (Lipinski definition) is 11. The molecule has 30 heavy (non-hydrogen) atoms. The molecule has 2 fully saturated rings. The zero-order valence-corrected chi connectivity index (χ0v) is 18.1. The van der Waals surface area contributed by atoms with Crippen LogP contribution in [-0.2, 0) is 0 Å². The molecule has 0 unspecified atom stereocenters. The minimum Gasteiger partial charge on any atom is -0.394 e. The van der Waals surface area contributed by atoms with Gasteiger partial charge in [0, 0.05) is 50.3 Å². The Hall–Kier alpha value is -1.79. The van der Waals surface area contributed by atoms with E-state index in [2.05, 4.69) is 29.1 Å². The van der Waals surface area contributed by atoms with Crippen LogP contribution in [0.3, 0.4) is 0 Å². The minimum atomic E-state index is -0.158. The molecule has 2 aliphatic heterocycles. The van der Waals surface area contributed by atoms with Crippen LogP contribution >= 0.6 is 0 Å². The van der Waals surface area contributed by atoms with Crippen LogP contribution in [0.1, 0.15) is 33.1 Å². The summed E-state index contributed by atoms with van der Waals surface area (Å²) in [6, 6.07) is -0.296. The first-order chi connectivity index (χ1) is 14.3. The van der Waals surface area contributed by atoms with Gasteiger partial charge in [-0.15, -0.1) is 0 Å². The van der Waals surface area contributed by atoms with E-state index in [-0.39, 0.29) is 42.7 Å². The summed E-state index contributed by atoms with van der Waals surface area (Å²) >= 11 is 0. The maximum absolute atomic E-state index is 9.84. The molecule has 3 heterocycles. The molecule has 0 spiro atoms. The summed E-state index contributed by atoms with van der Waals surface area (Å²) in [5, 5.41) is 13.1. The number of nitrogens with zero attached hydrogens (tertiary/aromatic N) is 5. The van der Waals surface area contributed by atoms with Crippen LogP contribution in [0.15, 0.2) is 0 Å². The van der Waals surface area contributed by atoms with Crippen molar-refractivity contribution in [3.8, 4) is 0 Å². The summed E-state index contributed by atoms with van der Waals surface area (Å²) in [5.41, 5.74) is 24.7. The molecule has 11 nitrogen and oxygen atoms in total. The summed E-state index contributed by atoms with van der Waals surface area (Å²) < 4.78 is 0. The molecule has 170 valence electrons. The number of hydrogen-bond donors (Lipinski definition) is 6. The second kappa shape index (κ2) is 10.0. The Kier molecular flexibility index (Phi) is 7.64. The Balaban J connectivity index is 1.92. The van der Waals surface area contributed by atoms with Crippen LogP contribution in [0, 0.1) is 5.92 Å². The standard InChI is InChI=1S/C19H38N10O/c1-3-11(2)16(10-30)24-17-25-18(28-6-12(20)4-13(21)7-28)27-19(26-17)29-8-14(22)5-15(23)9-29/h11-16,30H,3-10,20-23H2,1-2H3,(H,24,25,26,27)/t11-,12-,13+,14-,15+,16+/m0/s1. The Morgan fingerprint density at radius 3 is 1.70 bits per heavy atom. The molecule has 1 aromatic heterocycles. The molecule has 3 rings (SSSR count). The van der Waals surface area contributed by atoms with Crippen LogP contribution in [0.2, 0.25) is 0 Å². The van der Waals surface area contributed by atoms with Crippen molar-refractivity contribution >= 4 is 17.8 Å². The number of piperidine rings is 2. The van der Waals surface area contributed by atoms with Crippen molar-refractivity contribution in [2.45, 2.75) is 63.3 Å². The number of nitrogens with one attached hydrogen (secondary N) is 1. The Morgan fingerprint density at radius 2 is 1.33 bits per heavy atom. The second-order valence-corrected chi connectivity index (χ2v) is 8.90. The van der Waals surface area contributed by atoms with Crippen molar-refractivity contribution in [3.05, 3.63) is 0 Å². The SMILES string of the molecule is CC[C@H](C)[C@@H](CO)Nc1nc(N2C[C@H](N)C[C@H](N)C2)nc(N2C[C@H](N)C[C@H](N)C2)n1. The lowest BCUT2D eigenvalue weighted by atomic mass is 10.0. The van der Waals surface area contributed by atoms with Crippen LogP contribution < -0.4 is 38.1 Å². The van der Waals surface area contributed by atoms with E-state index >= 15 is 0 Å². The highest BCUT2D eigenvalue weighted by atomic mass is 16.3. The molecular formula is C19H38N10O. The first-order valence-electron chi connectivity index (χ1n) is 10.9. The van der Waals surface area contributed by atoms with Crippen molar-refractivity contribution in [1.82, 2.24) is 15.0 Å². The van der Waals surface area contributed by atoms with Gasteiger partial charge in [-0.05, 0) is 18.8 Å². The molecule has 0 radical (unpaired) electrons. The van der Waals surface area contributed by atoms with E-state index in [0.717, 1.165) is 19.3 Å². The third-order valence-corrected chi connectivity index (χ3v) is 6.05. The molecule has 0 aromatic carbocycles. The van der Waals surface area contributed by atoms with E-state index in [0.29, 0.717) is 44.0 Å². The molecule has 6 atom stereocenters. The molecule has 0 saturated carbocycles. The minimum absolute atomic E-state index is 0.00964. The first kappa shape index (κ1) is 22.9. The van der Waals surface area contributed by atoms with E-state index in [1.54, 1.807) is 0 Å². The van der Waals surface area contributed by atoms with Crippen molar-refractivity contribution in [3.63, 3.8) is 0 Å². The maximum Gasteiger partial charge on any atom is 0.232 e. The van der Waals surface area contributed by atoms with Crippen molar-refractivity contribution in [2.75, 3.05) is 47.9 Å². The number of rotatable bonds is 7. The molecule has 2 saturated heterocycles. The fourth-order valence-corrected chi connectivity index (χ4v) is 4.20. The van der Waals surface area contributed by atoms with Crippen LogP contribution in [0.4, 0.5) is 17.8 Å². The highest BCUT2D eigenvalue weighted by molar-refractivity contribution is 5.47. The van der Waals surface area contributed by atoms with Gasteiger partial charge in [0.25, 0.3) is 0 Å². The number of aromatic nitrogens is 3. The van der Waals surface area contributed by atoms with Gasteiger partial charge in [0.05, 0.1) is 12.6 Å². The van der Waals surface area contributed by atoms with Gasteiger partial charge in [-0.2, -0.15) is 15.0 Å². The predicted octanol–water partition coefficient (Wildman–Crippen LogP) is -1.58. The van der Waals surface area contributed by atoms with Gasteiger partial charge in [-0.25, -0.2) is 0 Å². The first-order valence-corrected chi connectivity index (χ1v) is 10.9. The topological polar surface area (TPSA) is 181 Å². The normalized spacial score (nSPS) is 29.6. The largest absolute Gasteiger partial charge is 0.394 e. The highest BCUT2D eigenvalue weighted by Crippen LogP contribution is 2.23. The fourth-order valence-electron chi connectivity index (χ4n) is 4.20. The lowest BCUT2D eigenvalue weighted by Gasteiger charge is -2.37. The number of anilines is 3. The van der Waals surface area contributed by atoms with Gasteiger partial charge in [-0.1, -0.05) is 20.3 Å². The molecule has 0 amide bonds. The molecular weight excluding hydrogens is 384 g/mol. The van der Waals surface area contributed by atoms with Crippen molar-refractivity contribution in [2.24, 2.45) is 28.9 Å². The van der Waals surface area contributed by atoms with E-state index in [1.807, 2.05) is 9.80 Å². The lowest BCUT2D eigenvalue weighted by Crippen LogP contribution is -2.54. The quantitative estimate of drug-likeness (QED) is 0.298. The summed E-state index contributed by atoms with van der Waals surface area (Å²) in [7, 11) is 0. The van der Waals surface area contributed by atoms with Crippen molar-refractivity contribution in [1.29, 1.82) is 0 Å². The summed E-state index contributed by atoms with van der Waals surface area (Å²) in [5.74, 6) is 1.74. The molecule has 1 aromatic rings. The molecule has 10 N–H and O–H groups in total. The summed E-state index contributed by atoms with van der Waals surface area (Å²) in [6.45, 7) is 6.68. The van der Waals surface area contributed by atoms with Gasteiger partial charge in [0.1, 0.15) is 0 Å². The smallest absolute Gasteiger partial charge is 0.232 e. The Labute approximate surface area is 178 Å². The predicted molar refractivity (Wildman–Crippen MR) is 119 cm³/mol. The highest BCUT2D eigenvalue weighted by Gasteiger charge is 2.29. The van der Waals surface area contributed by atoms with Gasteiger partial charge >= 0.3 is 0 Å². The van der Waals surface area contributed by atoms with Gasteiger partial charge < -0.3 is 43.2 Å². The number of aliphatic hydroxyl groups is 1. The average Bonchev–Trinajstić information content (AvgIpc) is 2.69. The van der Waals surface area contributed by atoms with E-state index in [9.17, 15) is 5.11 Å². The number of aliphatic hydroxyl groups excluding tert-OH is 1. The molecule has 11 heteroatoms. The van der Waals surface area contributed by atoms with Crippen LogP contribution in [0.5, 0.6) is 0 Å². The summed E-state index contributed by atoms with van der Waals surface area (Å²) in [6.07, 6.45) is 2.47. The van der Waals surface area contributed by atoms with Gasteiger partial charge in [-0.3, -0.25) is 0 Å². The van der Waals surface area contributed by atoms with E-state index in [4.69, 9.17) is 27.9 Å². The molecule has 0 aliphatic carbocycles. The van der Waals surface area contributed by atoms with Gasteiger partial charge in [0.2, 0.25) is 17.8 Å². The van der Waals surface area contributed by atoms with E-state index < -0.39 is 0 Å². The van der Waals surface area contributed by atoms with E-state index in [1.165, 1.54) is 0 Å². The third kappa shape index (κ3) is 5.67. The lowest BCUT2D eigenvalue weighted by molar-refractivity contribution is 0.240. The number of nitrogens with two attached hydrogens (primary N) is 4. The summed E-state index contributed by atoms with van der Waals surface area (Å²) in [4.78, 5) is 18.0. The fraction of sp³-hybridized carbons (Fsp3) is 0.842. The Morgan fingerprint density at radius 1 is 0.900 bits per heavy atom. The van der Waals surface area contributed by atoms with Gasteiger partial charge in [0.15, 0.2) is 0 Å². The third-order valence-electron chi connectivity index (χ3n) is 6.05. The van der Waals surface area contributed by atoms with Crippen LogP contribution in [0.25, 0.3) is 0 Å². The zero-order valence-electron chi connectivity index (χ0n) is 18.1. The monoisotopic (exact) mass is 422 g/mol. The molecule has 2 aliphatic rings. The average molecular weight is 423 g/mol. The Bertz CT molecular complexity index is 627. The zero-order chi connectivity index (χ0) is 21.8. The van der Waals surface area contributed by atoms with Crippen molar-refractivity contribution < 1.29 is 5.11 Å². The van der Waals surface area contributed by atoms with Crippen LogP contribution in [-0.4, -0.2) is 83.1 Å². The second-order valence-electron chi connectivity index (χ2n) is 8.90. The maximum atomic E-state index is 9.84.